The summed E-state index contributed by atoms with van der Waals surface area (Å²) in [4.78, 5) is 29.0. The summed E-state index contributed by atoms with van der Waals surface area (Å²) in [5, 5.41) is 0. The van der Waals surface area contributed by atoms with E-state index in [1.807, 2.05) is 36.2 Å². The second kappa shape index (κ2) is 6.43. The maximum absolute atomic E-state index is 13.0. The van der Waals surface area contributed by atoms with E-state index in [0.29, 0.717) is 13.1 Å². The molecular formula is C19H23N3O3. The van der Waals surface area contributed by atoms with Crippen molar-refractivity contribution in [3.8, 4) is 0 Å². The molecule has 1 aliphatic heterocycles. The summed E-state index contributed by atoms with van der Waals surface area (Å²) < 4.78 is 7.43. The third-order valence-corrected chi connectivity index (χ3v) is 5.16. The van der Waals surface area contributed by atoms with Crippen molar-refractivity contribution in [2.75, 3.05) is 19.6 Å². The molecule has 1 fully saturated rings. The minimum atomic E-state index is -0.162. The Hall–Kier alpha value is -2.50. The average Bonchev–Trinajstić information content (AvgIpc) is 3.13. The van der Waals surface area contributed by atoms with Crippen LogP contribution in [0.3, 0.4) is 0 Å². The van der Waals surface area contributed by atoms with E-state index in [2.05, 4.69) is 4.57 Å². The van der Waals surface area contributed by atoms with Gasteiger partial charge < -0.3 is 18.8 Å². The van der Waals surface area contributed by atoms with Crippen LogP contribution in [0.25, 0.3) is 0 Å². The fourth-order valence-electron chi connectivity index (χ4n) is 3.62. The van der Waals surface area contributed by atoms with Gasteiger partial charge in [-0.2, -0.15) is 0 Å². The zero-order valence-electron chi connectivity index (χ0n) is 14.4. The first-order valence-corrected chi connectivity index (χ1v) is 8.94. The summed E-state index contributed by atoms with van der Waals surface area (Å²) in [5.41, 5.74) is 2.04. The first kappa shape index (κ1) is 16.0. The second-order valence-electron chi connectivity index (χ2n) is 6.80. The van der Waals surface area contributed by atoms with Gasteiger partial charge in [-0.3, -0.25) is 9.59 Å². The molecule has 2 aromatic rings. The third-order valence-electron chi connectivity index (χ3n) is 5.16. The molecule has 0 radical (unpaired) electrons. The molecule has 6 heteroatoms. The molecule has 1 aliphatic carbocycles. The van der Waals surface area contributed by atoms with Crippen molar-refractivity contribution in [2.45, 2.75) is 32.4 Å². The standard InChI is InChI=1S/C19H23N3O3/c1-2-20(19(24)14-5-6-14)12-17(23)22-10-9-21-8-3-4-16(21)18(22)15-7-11-25-13-15/h3-4,7-8,11,13-14,18H,2,5-6,9-10,12H2,1H3. The van der Waals surface area contributed by atoms with Gasteiger partial charge in [0.25, 0.3) is 0 Å². The fraction of sp³-hybridized carbons (Fsp3) is 0.474. The Balaban J connectivity index is 1.57. The van der Waals surface area contributed by atoms with Gasteiger partial charge in [0.2, 0.25) is 11.8 Å². The van der Waals surface area contributed by atoms with Gasteiger partial charge in [-0.15, -0.1) is 0 Å². The van der Waals surface area contributed by atoms with E-state index in [9.17, 15) is 9.59 Å². The number of likely N-dealkylation sites (N-methyl/N-ethyl adjacent to an activating group) is 1. The molecule has 0 bridgehead atoms. The molecule has 132 valence electrons. The first-order chi connectivity index (χ1) is 12.2. The van der Waals surface area contributed by atoms with Crippen molar-refractivity contribution in [1.82, 2.24) is 14.4 Å². The third kappa shape index (κ3) is 2.97. The number of hydrogen-bond donors (Lipinski definition) is 0. The van der Waals surface area contributed by atoms with E-state index in [-0.39, 0.29) is 30.3 Å². The minimum Gasteiger partial charge on any atom is -0.472 e. The predicted molar refractivity (Wildman–Crippen MR) is 91.7 cm³/mol. The fourth-order valence-corrected chi connectivity index (χ4v) is 3.62. The summed E-state index contributed by atoms with van der Waals surface area (Å²) >= 11 is 0. The van der Waals surface area contributed by atoms with Gasteiger partial charge in [0.15, 0.2) is 0 Å². The molecule has 2 aliphatic rings. The van der Waals surface area contributed by atoms with Crippen LogP contribution in [-0.4, -0.2) is 45.8 Å². The van der Waals surface area contributed by atoms with E-state index >= 15 is 0 Å². The highest BCUT2D eigenvalue weighted by Crippen LogP contribution is 2.34. The summed E-state index contributed by atoms with van der Waals surface area (Å²) in [7, 11) is 0. The van der Waals surface area contributed by atoms with Gasteiger partial charge in [-0.05, 0) is 38.0 Å². The van der Waals surface area contributed by atoms with Gasteiger partial charge >= 0.3 is 0 Å². The number of rotatable bonds is 5. The highest BCUT2D eigenvalue weighted by molar-refractivity contribution is 5.87. The molecule has 1 unspecified atom stereocenters. The number of hydrogen-bond acceptors (Lipinski definition) is 3. The lowest BCUT2D eigenvalue weighted by atomic mass is 10.0. The minimum absolute atomic E-state index is 0.00509. The van der Waals surface area contributed by atoms with Crippen LogP contribution in [0.2, 0.25) is 0 Å². The molecule has 2 aromatic heterocycles. The van der Waals surface area contributed by atoms with Crippen LogP contribution >= 0.6 is 0 Å². The van der Waals surface area contributed by atoms with E-state index in [4.69, 9.17) is 4.42 Å². The van der Waals surface area contributed by atoms with E-state index in [0.717, 1.165) is 30.6 Å². The molecule has 0 spiro atoms. The van der Waals surface area contributed by atoms with Crippen LogP contribution < -0.4 is 0 Å². The lowest BCUT2D eigenvalue weighted by Crippen LogP contribution is -2.48. The summed E-state index contributed by atoms with van der Waals surface area (Å²) in [6.45, 7) is 4.06. The van der Waals surface area contributed by atoms with Crippen LogP contribution in [0.15, 0.2) is 41.3 Å². The quantitative estimate of drug-likeness (QED) is 0.838. The van der Waals surface area contributed by atoms with Crippen molar-refractivity contribution in [1.29, 1.82) is 0 Å². The molecule has 2 amide bonds. The van der Waals surface area contributed by atoms with Gasteiger partial charge in [0, 0.05) is 43.0 Å². The van der Waals surface area contributed by atoms with Gasteiger partial charge in [-0.1, -0.05) is 0 Å². The number of furan rings is 1. The van der Waals surface area contributed by atoms with Gasteiger partial charge in [0.05, 0.1) is 19.1 Å². The van der Waals surface area contributed by atoms with Crippen molar-refractivity contribution in [3.63, 3.8) is 0 Å². The van der Waals surface area contributed by atoms with Crippen molar-refractivity contribution >= 4 is 11.8 Å². The van der Waals surface area contributed by atoms with Crippen molar-refractivity contribution < 1.29 is 14.0 Å². The lowest BCUT2D eigenvalue weighted by molar-refractivity contribution is -0.142. The Kier molecular flexibility index (Phi) is 4.11. The topological polar surface area (TPSA) is 58.7 Å². The second-order valence-corrected chi connectivity index (χ2v) is 6.80. The van der Waals surface area contributed by atoms with Gasteiger partial charge in [-0.25, -0.2) is 0 Å². The number of amides is 2. The summed E-state index contributed by atoms with van der Waals surface area (Å²) in [5.74, 6) is 0.251. The monoisotopic (exact) mass is 341 g/mol. The molecule has 25 heavy (non-hydrogen) atoms. The largest absolute Gasteiger partial charge is 0.472 e. The number of aromatic nitrogens is 1. The maximum atomic E-state index is 13.0. The maximum Gasteiger partial charge on any atom is 0.243 e. The number of carbonyl (C=O) groups excluding carboxylic acids is 2. The molecular weight excluding hydrogens is 318 g/mol. The molecule has 1 saturated carbocycles. The lowest BCUT2D eigenvalue weighted by Gasteiger charge is -2.37. The molecule has 0 N–H and O–H groups in total. The Morgan fingerprint density at radius 1 is 1.28 bits per heavy atom. The smallest absolute Gasteiger partial charge is 0.243 e. The van der Waals surface area contributed by atoms with E-state index in [1.165, 1.54) is 0 Å². The van der Waals surface area contributed by atoms with Crippen LogP contribution in [0.5, 0.6) is 0 Å². The Labute approximate surface area is 147 Å². The number of nitrogens with zero attached hydrogens (tertiary/aromatic N) is 3. The van der Waals surface area contributed by atoms with E-state index < -0.39 is 0 Å². The van der Waals surface area contributed by atoms with Crippen molar-refractivity contribution in [3.05, 3.63) is 48.2 Å². The van der Waals surface area contributed by atoms with E-state index in [1.54, 1.807) is 17.4 Å². The first-order valence-electron chi connectivity index (χ1n) is 8.94. The highest BCUT2D eigenvalue weighted by Gasteiger charge is 2.36. The highest BCUT2D eigenvalue weighted by atomic mass is 16.3. The molecule has 6 nitrogen and oxygen atoms in total. The number of fused-ring (bicyclic) bond motifs is 1. The normalized spacial score (nSPS) is 19.6. The molecule has 0 saturated heterocycles. The molecule has 4 rings (SSSR count). The molecule has 3 heterocycles. The molecule has 0 aromatic carbocycles. The summed E-state index contributed by atoms with van der Waals surface area (Å²) in [6.07, 6.45) is 7.28. The number of carbonyl (C=O) groups is 2. The van der Waals surface area contributed by atoms with Crippen LogP contribution in [0.1, 0.15) is 37.1 Å². The van der Waals surface area contributed by atoms with Crippen LogP contribution in [0, 0.1) is 5.92 Å². The summed E-state index contributed by atoms with van der Waals surface area (Å²) in [6, 6.07) is 5.79. The average molecular weight is 341 g/mol. The van der Waals surface area contributed by atoms with Crippen LogP contribution in [-0.2, 0) is 16.1 Å². The zero-order valence-corrected chi connectivity index (χ0v) is 14.4. The molecule has 1 atom stereocenters. The van der Waals surface area contributed by atoms with Crippen LogP contribution in [0.4, 0.5) is 0 Å². The SMILES string of the molecule is CCN(CC(=O)N1CCn2cccc2C1c1ccoc1)C(=O)C1CC1. The Morgan fingerprint density at radius 3 is 2.80 bits per heavy atom. The van der Waals surface area contributed by atoms with Crippen molar-refractivity contribution in [2.24, 2.45) is 5.92 Å². The van der Waals surface area contributed by atoms with Gasteiger partial charge in [0.1, 0.15) is 6.04 Å². The Morgan fingerprint density at radius 2 is 2.12 bits per heavy atom. The predicted octanol–water partition coefficient (Wildman–Crippen LogP) is 2.27. The zero-order chi connectivity index (χ0) is 17.4. The Bertz CT molecular complexity index is 761.